The summed E-state index contributed by atoms with van der Waals surface area (Å²) in [7, 11) is 0. The summed E-state index contributed by atoms with van der Waals surface area (Å²) >= 11 is 0. The van der Waals surface area contributed by atoms with Crippen molar-refractivity contribution in [1.82, 2.24) is 0 Å². The van der Waals surface area contributed by atoms with Gasteiger partial charge in [0, 0.05) is 5.92 Å². The maximum atomic E-state index is 10.0. The van der Waals surface area contributed by atoms with Gasteiger partial charge in [-0.05, 0) is 16.7 Å². The molecular formula is C25H24O2. The van der Waals surface area contributed by atoms with Gasteiger partial charge in [0.05, 0.1) is 6.61 Å². The molecule has 2 atom stereocenters. The van der Waals surface area contributed by atoms with Gasteiger partial charge in [0.2, 0.25) is 0 Å². The molecular weight excluding hydrogens is 332 g/mol. The Hall–Kier alpha value is -2.86. The first-order valence-electron chi connectivity index (χ1n) is 9.13. The third-order valence-electron chi connectivity index (χ3n) is 4.81. The zero-order chi connectivity index (χ0) is 19.1. The summed E-state index contributed by atoms with van der Waals surface area (Å²) in [5.41, 5.74) is 2.31. The smallest absolute Gasteiger partial charge is 0.143 e. The number of hydrogen-bond acceptors (Lipinski definition) is 2. The van der Waals surface area contributed by atoms with E-state index in [0.717, 1.165) is 16.7 Å². The molecule has 0 aliphatic carbocycles. The number of ether oxygens (including phenoxy) is 1. The van der Waals surface area contributed by atoms with Gasteiger partial charge in [0.1, 0.15) is 11.7 Å². The maximum Gasteiger partial charge on any atom is 0.143 e. The van der Waals surface area contributed by atoms with Crippen LogP contribution in [-0.2, 0) is 10.3 Å². The second-order valence-corrected chi connectivity index (χ2v) is 6.68. The summed E-state index contributed by atoms with van der Waals surface area (Å²) in [4.78, 5) is 0. The monoisotopic (exact) mass is 356 g/mol. The van der Waals surface area contributed by atoms with Crippen LogP contribution in [0.1, 0.15) is 23.6 Å². The topological polar surface area (TPSA) is 29.5 Å². The molecule has 0 bridgehead atoms. The van der Waals surface area contributed by atoms with Gasteiger partial charge in [-0.15, -0.1) is 6.42 Å². The van der Waals surface area contributed by atoms with Crippen LogP contribution in [0.25, 0.3) is 0 Å². The van der Waals surface area contributed by atoms with Crippen molar-refractivity contribution in [3.63, 3.8) is 0 Å². The number of rotatable bonds is 7. The van der Waals surface area contributed by atoms with Gasteiger partial charge in [0.25, 0.3) is 0 Å². The number of hydrogen-bond donors (Lipinski definition) is 1. The molecule has 3 aromatic rings. The first-order chi connectivity index (χ1) is 13.2. The Kier molecular flexibility index (Phi) is 6.08. The molecule has 0 fully saturated rings. The lowest BCUT2D eigenvalue weighted by Gasteiger charge is -2.37. The molecule has 0 aromatic heterocycles. The fraction of sp³-hybridized carbons (Fsp3) is 0.200. The van der Waals surface area contributed by atoms with E-state index in [0.29, 0.717) is 6.61 Å². The summed E-state index contributed by atoms with van der Waals surface area (Å²) in [6.07, 6.45) is 4.55. The van der Waals surface area contributed by atoms with Crippen molar-refractivity contribution >= 4 is 0 Å². The molecule has 3 rings (SSSR count). The van der Waals surface area contributed by atoms with Crippen LogP contribution in [-0.4, -0.2) is 17.8 Å². The lowest BCUT2D eigenvalue weighted by Crippen LogP contribution is -2.36. The minimum absolute atomic E-state index is 0.189. The summed E-state index contributed by atoms with van der Waals surface area (Å²) < 4.78 is 6.62. The zero-order valence-electron chi connectivity index (χ0n) is 15.5. The number of aliphatic hydroxyl groups is 1. The molecule has 0 saturated heterocycles. The van der Waals surface area contributed by atoms with Crippen molar-refractivity contribution in [3.05, 3.63) is 108 Å². The van der Waals surface area contributed by atoms with Crippen molar-refractivity contribution in [2.75, 3.05) is 6.61 Å². The van der Waals surface area contributed by atoms with Gasteiger partial charge in [-0.3, -0.25) is 0 Å². The predicted octanol–water partition coefficient (Wildman–Crippen LogP) is 4.63. The van der Waals surface area contributed by atoms with E-state index in [1.165, 1.54) is 0 Å². The fourth-order valence-corrected chi connectivity index (χ4v) is 3.28. The van der Waals surface area contributed by atoms with E-state index in [4.69, 9.17) is 11.2 Å². The van der Waals surface area contributed by atoms with Crippen LogP contribution in [0.15, 0.2) is 91.0 Å². The van der Waals surface area contributed by atoms with E-state index in [-0.39, 0.29) is 5.92 Å². The number of terminal acetylenes is 1. The summed E-state index contributed by atoms with van der Waals surface area (Å²) in [5.74, 6) is 2.21. The van der Waals surface area contributed by atoms with Crippen molar-refractivity contribution in [2.24, 2.45) is 5.92 Å². The number of aliphatic hydroxyl groups excluding tert-OH is 1. The number of benzene rings is 3. The van der Waals surface area contributed by atoms with Crippen molar-refractivity contribution in [2.45, 2.75) is 18.6 Å². The second-order valence-electron chi connectivity index (χ2n) is 6.68. The van der Waals surface area contributed by atoms with Crippen LogP contribution in [0, 0.1) is 18.3 Å². The second kappa shape index (κ2) is 8.68. The molecule has 2 nitrogen and oxygen atoms in total. The molecule has 0 spiro atoms. The third-order valence-corrected chi connectivity index (χ3v) is 4.81. The molecule has 2 heteroatoms. The Morgan fingerprint density at radius 1 is 0.815 bits per heavy atom. The highest BCUT2D eigenvalue weighted by Gasteiger charge is 2.38. The minimum atomic E-state index is -0.843. The average Bonchev–Trinajstić information content (AvgIpc) is 2.75. The highest BCUT2D eigenvalue weighted by molar-refractivity contribution is 5.47. The summed E-state index contributed by atoms with van der Waals surface area (Å²) in [6.45, 7) is 2.22. The van der Waals surface area contributed by atoms with Gasteiger partial charge in [-0.2, -0.15) is 0 Å². The Labute approximate surface area is 161 Å². The largest absolute Gasteiger partial charge is 0.380 e. The Morgan fingerprint density at radius 3 is 1.52 bits per heavy atom. The lowest BCUT2D eigenvalue weighted by atomic mass is 9.80. The van der Waals surface area contributed by atoms with Crippen molar-refractivity contribution in [1.29, 1.82) is 0 Å². The van der Waals surface area contributed by atoms with Crippen LogP contribution >= 0.6 is 0 Å². The molecule has 3 aromatic carbocycles. The molecule has 0 aliphatic heterocycles. The quantitative estimate of drug-likeness (QED) is 0.494. The van der Waals surface area contributed by atoms with Gasteiger partial charge in [0.15, 0.2) is 0 Å². The standard InChI is InChI=1S/C25H24O2/c1-3-24(26)20(2)19-27-25(21-13-7-4-8-14-21,22-15-9-5-10-16-22)23-17-11-6-12-18-23/h1,4-18,20,24,26H,19H2,2H3/t20-,24-/m1/s1. The molecule has 0 saturated carbocycles. The van der Waals surface area contributed by atoms with Gasteiger partial charge in [-0.1, -0.05) is 104 Å². The summed E-state index contributed by atoms with van der Waals surface area (Å²) in [5, 5.41) is 10.0. The molecule has 0 unspecified atom stereocenters. The van der Waals surface area contributed by atoms with Gasteiger partial charge in [-0.25, -0.2) is 0 Å². The van der Waals surface area contributed by atoms with Crippen molar-refractivity contribution < 1.29 is 9.84 Å². The van der Waals surface area contributed by atoms with Crippen LogP contribution in [0.2, 0.25) is 0 Å². The van der Waals surface area contributed by atoms with E-state index >= 15 is 0 Å². The van der Waals surface area contributed by atoms with Crippen molar-refractivity contribution in [3.8, 4) is 12.3 Å². The Morgan fingerprint density at radius 2 is 1.19 bits per heavy atom. The predicted molar refractivity (Wildman–Crippen MR) is 109 cm³/mol. The molecule has 1 N–H and O–H groups in total. The molecule has 0 heterocycles. The molecule has 0 radical (unpaired) electrons. The maximum absolute atomic E-state index is 10.0. The first kappa shape index (κ1) is 18.9. The SMILES string of the molecule is C#C[C@@H](O)[C@H](C)COC(c1ccccc1)(c1ccccc1)c1ccccc1. The van der Waals surface area contributed by atoms with E-state index in [9.17, 15) is 5.11 Å². The molecule has 0 aliphatic rings. The lowest BCUT2D eigenvalue weighted by molar-refractivity contribution is -0.0232. The van der Waals surface area contributed by atoms with E-state index in [1.54, 1.807) is 0 Å². The molecule has 0 amide bonds. The highest BCUT2D eigenvalue weighted by atomic mass is 16.5. The van der Waals surface area contributed by atoms with Crippen LogP contribution in [0.5, 0.6) is 0 Å². The molecule has 27 heavy (non-hydrogen) atoms. The van der Waals surface area contributed by atoms with E-state index in [1.807, 2.05) is 61.5 Å². The normalized spacial score (nSPS) is 13.5. The van der Waals surface area contributed by atoms with Gasteiger partial charge >= 0.3 is 0 Å². The van der Waals surface area contributed by atoms with Gasteiger partial charge < -0.3 is 9.84 Å². The Bertz CT molecular complexity index is 770. The highest BCUT2D eigenvalue weighted by Crippen LogP contribution is 2.40. The van der Waals surface area contributed by atoms with Crippen LogP contribution in [0.4, 0.5) is 0 Å². The zero-order valence-corrected chi connectivity index (χ0v) is 15.5. The van der Waals surface area contributed by atoms with Crippen LogP contribution in [0.3, 0.4) is 0 Å². The van der Waals surface area contributed by atoms with E-state index in [2.05, 4.69) is 42.3 Å². The van der Waals surface area contributed by atoms with Crippen LogP contribution < -0.4 is 0 Å². The van der Waals surface area contributed by atoms with E-state index < -0.39 is 11.7 Å². The minimum Gasteiger partial charge on any atom is -0.380 e. The third kappa shape index (κ3) is 3.95. The fourth-order valence-electron chi connectivity index (χ4n) is 3.28. The summed E-state index contributed by atoms with van der Waals surface area (Å²) in [6, 6.07) is 30.5. The first-order valence-corrected chi connectivity index (χ1v) is 9.13. The molecule has 136 valence electrons. The average molecular weight is 356 g/mol. The Balaban J connectivity index is 2.16.